The van der Waals surface area contributed by atoms with E-state index in [1.807, 2.05) is 36.4 Å². The van der Waals surface area contributed by atoms with Gasteiger partial charge in [-0.05, 0) is 69.1 Å². The Morgan fingerprint density at radius 1 is 0.676 bits per heavy atom. The molecule has 5 aromatic carbocycles. The number of amides is 1. The molecule has 34 heavy (non-hydrogen) atoms. The second kappa shape index (κ2) is 9.93. The molecule has 5 rings (SSSR count). The van der Waals surface area contributed by atoms with Crippen LogP contribution in [-0.4, -0.2) is 5.91 Å². The van der Waals surface area contributed by atoms with Crippen LogP contribution in [0.2, 0.25) is 0 Å². The van der Waals surface area contributed by atoms with E-state index >= 15 is 0 Å². The van der Waals surface area contributed by atoms with Gasteiger partial charge in [0.25, 0.3) is 0 Å². The third-order valence-electron chi connectivity index (χ3n) is 6.45. The van der Waals surface area contributed by atoms with Crippen LogP contribution in [0.3, 0.4) is 0 Å². The summed E-state index contributed by atoms with van der Waals surface area (Å²) in [6.45, 7) is 2.30. The van der Waals surface area contributed by atoms with E-state index in [4.69, 9.17) is 0 Å². The molecule has 0 aliphatic heterocycles. The molecule has 168 valence electrons. The lowest BCUT2D eigenvalue weighted by molar-refractivity contribution is -0.115. The Labute approximate surface area is 201 Å². The van der Waals surface area contributed by atoms with E-state index < -0.39 is 0 Å². The highest BCUT2D eigenvalue weighted by Crippen LogP contribution is 2.22. The number of rotatable bonds is 7. The molecule has 0 unspecified atom stereocenters. The molecular weight excluding hydrogens is 414 g/mol. The summed E-state index contributed by atoms with van der Waals surface area (Å²) in [4.78, 5) is 12.7. The summed E-state index contributed by atoms with van der Waals surface area (Å²) in [5.74, 6) is 0.543. The first-order valence-electron chi connectivity index (χ1n) is 12.0. The average molecular weight is 444 g/mol. The fraction of sp³-hybridized carbons (Fsp3) is 0.156. The number of carbonyl (C=O) groups excluding carboxylic acids is 1. The van der Waals surface area contributed by atoms with E-state index in [-0.39, 0.29) is 5.91 Å². The van der Waals surface area contributed by atoms with Gasteiger partial charge in [-0.25, -0.2) is 0 Å². The highest BCUT2D eigenvalue weighted by molar-refractivity contribution is 5.96. The van der Waals surface area contributed by atoms with Crippen LogP contribution in [0.15, 0.2) is 109 Å². The Bertz CT molecular complexity index is 1430. The highest BCUT2D eigenvalue weighted by Gasteiger charge is 2.09. The van der Waals surface area contributed by atoms with Gasteiger partial charge in [0.05, 0.1) is 6.42 Å². The van der Waals surface area contributed by atoms with Crippen LogP contribution < -0.4 is 5.32 Å². The summed E-state index contributed by atoms with van der Waals surface area (Å²) in [5, 5.41) is 7.94. The molecule has 2 heteroatoms. The summed E-state index contributed by atoms with van der Waals surface area (Å²) in [6.07, 6.45) is 2.43. The number of hydrogen-bond donors (Lipinski definition) is 1. The molecule has 1 N–H and O–H groups in total. The van der Waals surface area contributed by atoms with Crippen LogP contribution in [0, 0.1) is 5.92 Å². The minimum atomic E-state index is 0.00813. The smallest absolute Gasteiger partial charge is 0.228 e. The van der Waals surface area contributed by atoms with Crippen molar-refractivity contribution in [1.29, 1.82) is 0 Å². The molecule has 0 fully saturated rings. The van der Waals surface area contributed by atoms with Crippen molar-refractivity contribution in [3.05, 3.63) is 126 Å². The van der Waals surface area contributed by atoms with Gasteiger partial charge in [0, 0.05) is 5.69 Å². The molecular formula is C32H29NO. The molecule has 0 aliphatic carbocycles. The van der Waals surface area contributed by atoms with Crippen LogP contribution in [0.25, 0.3) is 21.5 Å². The number of hydrogen-bond acceptors (Lipinski definition) is 1. The monoisotopic (exact) mass is 443 g/mol. The van der Waals surface area contributed by atoms with Gasteiger partial charge in [-0.2, -0.15) is 0 Å². The quantitative estimate of drug-likeness (QED) is 0.276. The molecule has 0 heterocycles. The maximum atomic E-state index is 12.7. The lowest BCUT2D eigenvalue weighted by Gasteiger charge is -2.13. The zero-order valence-corrected chi connectivity index (χ0v) is 19.5. The first-order valence-corrected chi connectivity index (χ1v) is 12.0. The number of benzene rings is 5. The minimum Gasteiger partial charge on any atom is -0.326 e. The van der Waals surface area contributed by atoms with Crippen LogP contribution in [0.1, 0.15) is 23.6 Å². The third-order valence-corrected chi connectivity index (χ3v) is 6.45. The van der Waals surface area contributed by atoms with Crippen LogP contribution in [0.5, 0.6) is 0 Å². The Morgan fingerprint density at radius 3 is 2.15 bits per heavy atom. The van der Waals surface area contributed by atoms with Crippen molar-refractivity contribution >= 4 is 33.1 Å². The maximum absolute atomic E-state index is 12.7. The summed E-state index contributed by atoms with van der Waals surface area (Å²) in [7, 11) is 0. The Balaban J connectivity index is 1.18. The van der Waals surface area contributed by atoms with Gasteiger partial charge in [0.2, 0.25) is 5.91 Å². The fourth-order valence-electron chi connectivity index (χ4n) is 4.79. The molecule has 1 amide bonds. The molecule has 5 aromatic rings. The summed E-state index contributed by atoms with van der Waals surface area (Å²) in [5.41, 5.74) is 4.56. The number of fused-ring (bicyclic) bond motifs is 2. The van der Waals surface area contributed by atoms with E-state index in [2.05, 4.69) is 85.0 Å². The number of carbonyl (C=O) groups is 1. The molecule has 1 atom stereocenters. The normalized spacial score (nSPS) is 12.0. The lowest BCUT2D eigenvalue weighted by atomic mass is 9.93. The van der Waals surface area contributed by atoms with Gasteiger partial charge in [-0.15, -0.1) is 0 Å². The minimum absolute atomic E-state index is 0.00813. The molecule has 0 aromatic heterocycles. The Morgan fingerprint density at radius 2 is 1.32 bits per heavy atom. The van der Waals surface area contributed by atoms with Crippen molar-refractivity contribution in [1.82, 2.24) is 0 Å². The van der Waals surface area contributed by atoms with Crippen molar-refractivity contribution in [3.63, 3.8) is 0 Å². The van der Waals surface area contributed by atoms with Gasteiger partial charge in [-0.1, -0.05) is 104 Å². The number of nitrogens with one attached hydrogen (secondary N) is 1. The standard InChI is InChI=1S/C32H29NO/c1-23(20-25-13-16-26-7-2-3-9-28(26)21-25)19-24-14-17-30(18-15-24)33-32(34)22-29-11-6-10-27-8-4-5-12-31(27)29/h2-18,21,23H,19-20,22H2,1H3,(H,33,34)/t23-/m1/s1. The Hall–Kier alpha value is -3.91. The van der Waals surface area contributed by atoms with Crippen molar-refractivity contribution in [2.45, 2.75) is 26.2 Å². The molecule has 0 aliphatic rings. The van der Waals surface area contributed by atoms with E-state index in [9.17, 15) is 4.79 Å². The van der Waals surface area contributed by atoms with E-state index in [0.717, 1.165) is 34.9 Å². The van der Waals surface area contributed by atoms with Gasteiger partial charge >= 0.3 is 0 Å². The van der Waals surface area contributed by atoms with Gasteiger partial charge in [0.15, 0.2) is 0 Å². The van der Waals surface area contributed by atoms with Gasteiger partial charge < -0.3 is 5.32 Å². The van der Waals surface area contributed by atoms with Crippen molar-refractivity contribution in [3.8, 4) is 0 Å². The Kier molecular flexibility index (Phi) is 6.40. The molecule has 0 radical (unpaired) electrons. The molecule has 0 saturated carbocycles. The molecule has 0 saturated heterocycles. The summed E-state index contributed by atoms with van der Waals surface area (Å²) < 4.78 is 0. The topological polar surface area (TPSA) is 29.1 Å². The van der Waals surface area contributed by atoms with Crippen molar-refractivity contribution in [2.75, 3.05) is 5.32 Å². The summed E-state index contributed by atoms with van der Waals surface area (Å²) >= 11 is 0. The third kappa shape index (κ3) is 5.18. The van der Waals surface area contributed by atoms with E-state index in [1.54, 1.807) is 0 Å². The molecule has 2 nitrogen and oxygen atoms in total. The maximum Gasteiger partial charge on any atom is 0.228 e. The van der Waals surface area contributed by atoms with Crippen molar-refractivity contribution < 1.29 is 4.79 Å². The van der Waals surface area contributed by atoms with Crippen LogP contribution >= 0.6 is 0 Å². The second-order valence-electron chi connectivity index (χ2n) is 9.26. The van der Waals surface area contributed by atoms with Crippen molar-refractivity contribution in [2.24, 2.45) is 5.92 Å². The van der Waals surface area contributed by atoms with Crippen LogP contribution in [-0.2, 0) is 24.1 Å². The SMILES string of the molecule is C[C@H](Cc1ccc(NC(=O)Cc2cccc3ccccc23)cc1)Cc1ccc2ccccc2c1. The molecule has 0 spiro atoms. The first kappa shape index (κ1) is 21.9. The zero-order valence-electron chi connectivity index (χ0n) is 19.5. The predicted molar refractivity (Wildman–Crippen MR) is 143 cm³/mol. The molecule has 0 bridgehead atoms. The van der Waals surface area contributed by atoms with Crippen LogP contribution in [0.4, 0.5) is 5.69 Å². The zero-order chi connectivity index (χ0) is 23.3. The predicted octanol–water partition coefficient (Wildman–Crippen LogP) is 7.60. The van der Waals surface area contributed by atoms with E-state index in [1.165, 1.54) is 21.9 Å². The summed E-state index contributed by atoms with van der Waals surface area (Å²) in [6, 6.07) is 37.9. The first-order chi connectivity index (χ1) is 16.6. The van der Waals surface area contributed by atoms with E-state index in [0.29, 0.717) is 12.3 Å². The van der Waals surface area contributed by atoms with Gasteiger partial charge in [-0.3, -0.25) is 4.79 Å². The highest BCUT2D eigenvalue weighted by atomic mass is 16.1. The largest absolute Gasteiger partial charge is 0.326 e. The number of anilines is 1. The van der Waals surface area contributed by atoms with Gasteiger partial charge in [0.1, 0.15) is 0 Å². The lowest BCUT2D eigenvalue weighted by Crippen LogP contribution is -2.14. The second-order valence-corrected chi connectivity index (χ2v) is 9.26. The average Bonchev–Trinajstić information content (AvgIpc) is 2.85. The fourth-order valence-corrected chi connectivity index (χ4v) is 4.79.